The number of fused-ring (bicyclic) bond motifs is 4. The number of nitrogens with one attached hydrogen (secondary N) is 1. The van der Waals surface area contributed by atoms with Gasteiger partial charge in [-0.05, 0) is 178 Å². The van der Waals surface area contributed by atoms with Gasteiger partial charge in [-0.15, -0.1) is 0 Å². The molecule has 0 saturated carbocycles. The summed E-state index contributed by atoms with van der Waals surface area (Å²) in [5.74, 6) is 30.0. The quantitative estimate of drug-likeness (QED) is 0.0527. The van der Waals surface area contributed by atoms with Gasteiger partial charge in [0.1, 0.15) is 94.4 Å². The van der Waals surface area contributed by atoms with Gasteiger partial charge in [-0.25, -0.2) is 58.6 Å². The van der Waals surface area contributed by atoms with Gasteiger partial charge >= 0.3 is 0 Å². The van der Waals surface area contributed by atoms with Crippen LogP contribution in [0.25, 0.3) is 44.1 Å². The maximum Gasteiger partial charge on any atom is 0.246 e. The van der Waals surface area contributed by atoms with Gasteiger partial charge in [0.25, 0.3) is 0 Å². The zero-order chi connectivity index (χ0) is 80.8. The number of anilines is 4. The summed E-state index contributed by atoms with van der Waals surface area (Å²) >= 11 is 0. The van der Waals surface area contributed by atoms with Crippen LogP contribution in [-0.4, -0.2) is 210 Å². The lowest BCUT2D eigenvalue weighted by Gasteiger charge is -2.20. The van der Waals surface area contributed by atoms with Crippen LogP contribution in [0.3, 0.4) is 0 Å². The van der Waals surface area contributed by atoms with E-state index < -0.39 is 0 Å². The second kappa shape index (κ2) is 33.6. The molecule has 588 valence electrons. The molecule has 0 radical (unpaired) electrons. The first-order chi connectivity index (χ1) is 56.3. The summed E-state index contributed by atoms with van der Waals surface area (Å²) in [6.07, 6.45) is 10.7. The second-order valence-electron chi connectivity index (χ2n) is 29.1. The molecule has 12 heterocycles. The van der Waals surface area contributed by atoms with Crippen molar-refractivity contribution in [2.45, 2.75) is 90.4 Å². The van der Waals surface area contributed by atoms with E-state index in [0.717, 1.165) is 87.7 Å². The molecule has 0 aliphatic carbocycles. The van der Waals surface area contributed by atoms with Gasteiger partial charge in [0, 0.05) is 101 Å². The SMILES string of the molecule is C=CC(=O)N1CC[C@H](n2nc(C#Cc3cc(C)cc(OC)c3)c3c(NCCC(=O)N4CC[C@H](n5nc(C#Cc6cc(C)cc(OC)c6)c6c(N)ncnc65)C4)ncnc32)C1.COc1cc(C)cc(C#Cc2nn([C@H]3CCN(CCC(=O)N4CC[C@H](n5nc(C#Cc6cc(C)cc(OC)c6)c6c(N)ncnc65)C4)C3)c3ncnc(N)c23)c1. The van der Waals surface area contributed by atoms with Crippen LogP contribution >= 0.6 is 0 Å². The monoisotopic (exact) mass is 1550 g/mol. The van der Waals surface area contributed by atoms with Crippen molar-refractivity contribution in [2.75, 3.05) is 116 Å². The predicted molar refractivity (Wildman–Crippen MR) is 438 cm³/mol. The van der Waals surface area contributed by atoms with Crippen molar-refractivity contribution >= 4 is 85.1 Å². The lowest BCUT2D eigenvalue weighted by atomic mass is 10.1. The summed E-state index contributed by atoms with van der Waals surface area (Å²) in [6.45, 7) is 17.3. The topological polar surface area (TPSA) is 366 Å². The summed E-state index contributed by atoms with van der Waals surface area (Å²) in [6, 6.07) is 22.9. The number of ether oxygens (including phenoxy) is 4. The minimum absolute atomic E-state index is 0.0173. The third-order valence-corrected chi connectivity index (χ3v) is 21.1. The largest absolute Gasteiger partial charge is 0.497 e. The zero-order valence-electron chi connectivity index (χ0n) is 65.7. The number of benzene rings is 4. The molecule has 4 atom stereocenters. The van der Waals surface area contributed by atoms with E-state index in [0.29, 0.717) is 162 Å². The minimum Gasteiger partial charge on any atom is -0.497 e. The molecule has 4 saturated heterocycles. The van der Waals surface area contributed by atoms with Gasteiger partial charge in [-0.2, -0.15) is 20.4 Å². The molecule has 16 rings (SSSR count). The number of likely N-dealkylation sites (tertiary alicyclic amines) is 4. The molecule has 4 aliphatic heterocycles. The highest BCUT2D eigenvalue weighted by molar-refractivity contribution is 5.94. The van der Waals surface area contributed by atoms with Crippen molar-refractivity contribution in [3.05, 3.63) is 178 Å². The summed E-state index contributed by atoms with van der Waals surface area (Å²) in [4.78, 5) is 83.0. The molecular formula is C85H86N24O7. The van der Waals surface area contributed by atoms with Gasteiger partial charge in [-0.1, -0.05) is 30.3 Å². The lowest BCUT2D eigenvalue weighted by molar-refractivity contribution is -0.131. The van der Waals surface area contributed by atoms with Crippen LogP contribution in [0.2, 0.25) is 0 Å². The highest BCUT2D eigenvalue weighted by atomic mass is 16.5. The highest BCUT2D eigenvalue weighted by Gasteiger charge is 2.35. The van der Waals surface area contributed by atoms with E-state index >= 15 is 0 Å². The van der Waals surface area contributed by atoms with Crippen molar-refractivity contribution in [1.82, 2.24) is 98.6 Å². The Labute approximate surface area is 669 Å². The number of aromatic nitrogens is 16. The van der Waals surface area contributed by atoms with Crippen LogP contribution < -0.4 is 41.5 Å². The number of hydrogen-bond donors (Lipinski definition) is 4. The van der Waals surface area contributed by atoms with Gasteiger partial charge < -0.3 is 61.1 Å². The van der Waals surface area contributed by atoms with Crippen LogP contribution in [-0.2, 0) is 14.4 Å². The Hall–Kier alpha value is -14.2. The fourth-order valence-electron chi connectivity index (χ4n) is 15.4. The number of carbonyl (C=O) groups excluding carboxylic acids is 3. The molecule has 12 aromatic rings. The third-order valence-electron chi connectivity index (χ3n) is 21.1. The molecule has 4 aromatic carbocycles. The number of aryl methyl sites for hydroxylation is 4. The summed E-state index contributed by atoms with van der Waals surface area (Å²) in [5.41, 5.74) is 30.7. The molecule has 0 unspecified atom stereocenters. The van der Waals surface area contributed by atoms with Crippen molar-refractivity contribution in [3.63, 3.8) is 0 Å². The van der Waals surface area contributed by atoms with Gasteiger partial charge in [0.05, 0.1) is 74.2 Å². The standard InChI is InChI=1S/C44H44N12O4.C41H42N12O3/c1-6-37(57)53-15-12-31(23-53)56-44-40(36(52-56)10-8-30-18-28(3)20-34(22-30)60-5)42(48-26-50-44)46-14-11-38(58)54-16-13-32(24-54)55-43-39(41(45)47-25-49-43)35(51-55)9-7-29-17-27(2)19-33(21-29)59-4;1-25-15-27(19-31(17-25)55-3)5-7-33-36-38(42)44-23-46-40(36)52(48-33)29-9-12-50(21-29)13-11-35(54)51-14-10-30(22-51)53-41-37(39(43)45-24-47-41)34(49-53)8-6-28-16-26(2)18-32(20-28)56-4/h6,17-22,25-26,31-32H,1,11-16,23-24H2,2-5H3,(H2,45,47,49)(H,46,48,50);15-20,23-24,29-30H,9-14,21-22H2,1-4H3,(H2,42,44,46)(H2,43,45,47)/t31-,32-;29-,30-/m00/s1. The van der Waals surface area contributed by atoms with Crippen molar-refractivity contribution in [1.29, 1.82) is 0 Å². The van der Waals surface area contributed by atoms with E-state index in [1.165, 1.54) is 31.4 Å². The van der Waals surface area contributed by atoms with Crippen LogP contribution in [0.1, 0.15) is 130 Å². The third kappa shape index (κ3) is 16.5. The molecule has 7 N–H and O–H groups in total. The Balaban J connectivity index is 0.000000183. The number of carbonyl (C=O) groups is 3. The predicted octanol–water partition coefficient (Wildman–Crippen LogP) is 7.89. The van der Waals surface area contributed by atoms with E-state index in [2.05, 4.69) is 104 Å². The second-order valence-corrected chi connectivity index (χ2v) is 29.1. The fraction of sp³-hybridized carbons (Fsp3) is 0.329. The molecule has 31 nitrogen and oxygen atoms in total. The minimum atomic E-state index is -0.136. The lowest BCUT2D eigenvalue weighted by Crippen LogP contribution is -2.33. The number of methoxy groups -OCH3 is 4. The fourth-order valence-corrected chi connectivity index (χ4v) is 15.4. The van der Waals surface area contributed by atoms with Crippen LogP contribution in [0.15, 0.2) is 111 Å². The van der Waals surface area contributed by atoms with Crippen molar-refractivity contribution < 1.29 is 33.3 Å². The van der Waals surface area contributed by atoms with Gasteiger partial charge in [-0.3, -0.25) is 14.4 Å². The molecule has 116 heavy (non-hydrogen) atoms. The molecule has 4 aliphatic rings. The first kappa shape index (κ1) is 77.2. The number of nitrogens with zero attached hydrogens (tertiary/aromatic N) is 20. The van der Waals surface area contributed by atoms with Gasteiger partial charge in [0.2, 0.25) is 17.7 Å². The first-order valence-electron chi connectivity index (χ1n) is 38.1. The molecular weight excluding hydrogens is 1470 g/mol. The number of hydrogen-bond acceptors (Lipinski definition) is 24. The Bertz CT molecular complexity index is 6140. The van der Waals surface area contributed by atoms with E-state index in [4.69, 9.17) is 56.5 Å². The Morgan fingerprint density at radius 3 is 1.13 bits per heavy atom. The molecule has 0 spiro atoms. The van der Waals surface area contributed by atoms with Crippen LogP contribution in [0.5, 0.6) is 23.0 Å². The van der Waals surface area contributed by atoms with Gasteiger partial charge in [0.15, 0.2) is 22.6 Å². The average Bonchev–Trinajstić information content (AvgIpc) is 1.63. The smallest absolute Gasteiger partial charge is 0.246 e. The Morgan fingerprint density at radius 1 is 0.422 bits per heavy atom. The number of nitrogens with two attached hydrogens (primary N) is 3. The van der Waals surface area contributed by atoms with Crippen molar-refractivity contribution in [2.24, 2.45) is 0 Å². The normalized spacial score (nSPS) is 16.4. The van der Waals surface area contributed by atoms with E-state index in [9.17, 15) is 14.4 Å². The van der Waals surface area contributed by atoms with Crippen LogP contribution in [0.4, 0.5) is 23.3 Å². The first-order valence-corrected chi connectivity index (χ1v) is 38.1. The summed E-state index contributed by atoms with van der Waals surface area (Å²) in [7, 11) is 6.51. The zero-order valence-corrected chi connectivity index (χ0v) is 65.7. The Kier molecular flexibility index (Phi) is 22.4. The Morgan fingerprint density at radius 2 is 0.750 bits per heavy atom. The maximum atomic E-state index is 13.7. The molecule has 0 bridgehead atoms. The van der Waals surface area contributed by atoms with E-state index in [1.807, 2.05) is 129 Å². The highest BCUT2D eigenvalue weighted by Crippen LogP contribution is 2.35. The molecule has 8 aromatic heterocycles. The molecule has 3 amide bonds. The van der Waals surface area contributed by atoms with Crippen molar-refractivity contribution in [3.8, 4) is 70.4 Å². The van der Waals surface area contributed by atoms with E-state index in [1.54, 1.807) is 33.3 Å². The number of rotatable bonds is 16. The number of nitrogen functional groups attached to an aromatic ring is 3. The van der Waals surface area contributed by atoms with E-state index in [-0.39, 0.29) is 54.1 Å². The number of amides is 3. The molecule has 4 fully saturated rings. The van der Waals surface area contributed by atoms with Crippen LogP contribution in [0, 0.1) is 75.1 Å². The summed E-state index contributed by atoms with van der Waals surface area (Å²) in [5, 5.41) is 25.4. The maximum absolute atomic E-state index is 13.7. The summed E-state index contributed by atoms with van der Waals surface area (Å²) < 4.78 is 29.1. The average molecular weight is 1560 g/mol. The molecule has 31 heteroatoms.